The van der Waals surface area contributed by atoms with Gasteiger partial charge < -0.3 is 0 Å². The van der Waals surface area contributed by atoms with Gasteiger partial charge in [0.05, 0.1) is 12.5 Å². The van der Waals surface area contributed by atoms with Crippen molar-refractivity contribution < 1.29 is 19.4 Å². The van der Waals surface area contributed by atoms with Gasteiger partial charge in [-0.15, -0.1) is 0 Å². The standard InChI is InChI=1S/C24H38O4/c25-22-18-14-10-6-3-1-2-5-9-13-17-21(22)24-23(26)19-15-11-7-4-8-12-16-20-27-28-24/h1,3-4,8,21,24H,2,5-7,9-20H2/b3-1+,8-4+. The number of hydrogen-bond donors (Lipinski definition) is 0. The third-order valence-electron chi connectivity index (χ3n) is 5.67. The molecule has 2 rings (SSSR count). The van der Waals surface area contributed by atoms with E-state index in [1.165, 1.54) is 0 Å². The van der Waals surface area contributed by atoms with Crippen LogP contribution in [0.5, 0.6) is 0 Å². The first-order valence-electron chi connectivity index (χ1n) is 11.4. The second-order valence-corrected chi connectivity index (χ2v) is 8.09. The number of allylic oxidation sites excluding steroid dienone is 4. The molecule has 0 aromatic heterocycles. The van der Waals surface area contributed by atoms with E-state index in [0.717, 1.165) is 83.5 Å². The Labute approximate surface area is 170 Å². The van der Waals surface area contributed by atoms with Crippen LogP contribution in [0.15, 0.2) is 24.3 Å². The van der Waals surface area contributed by atoms with Gasteiger partial charge in [-0.3, -0.25) is 9.59 Å². The molecule has 0 saturated heterocycles. The van der Waals surface area contributed by atoms with Crippen LogP contribution in [-0.4, -0.2) is 24.3 Å². The Morgan fingerprint density at radius 3 is 1.89 bits per heavy atom. The number of hydrogen-bond acceptors (Lipinski definition) is 4. The molecule has 0 bridgehead atoms. The van der Waals surface area contributed by atoms with E-state index in [0.29, 0.717) is 19.4 Å². The second kappa shape index (κ2) is 14.7. The Balaban J connectivity index is 2.03. The van der Waals surface area contributed by atoms with E-state index in [4.69, 9.17) is 9.78 Å². The van der Waals surface area contributed by atoms with Gasteiger partial charge in [0.15, 0.2) is 11.9 Å². The summed E-state index contributed by atoms with van der Waals surface area (Å²) < 4.78 is 0. The maximum Gasteiger partial charge on any atom is 0.165 e. The van der Waals surface area contributed by atoms with E-state index < -0.39 is 6.10 Å². The molecule has 2 aliphatic rings. The van der Waals surface area contributed by atoms with E-state index in [2.05, 4.69) is 24.3 Å². The van der Waals surface area contributed by atoms with Gasteiger partial charge in [0.25, 0.3) is 0 Å². The molecule has 0 aromatic carbocycles. The highest BCUT2D eigenvalue weighted by atomic mass is 17.2. The number of carbonyl (C=O) groups excluding carboxylic acids is 2. The van der Waals surface area contributed by atoms with Gasteiger partial charge in [-0.2, -0.15) is 0 Å². The van der Waals surface area contributed by atoms with Crippen LogP contribution in [0.3, 0.4) is 0 Å². The van der Waals surface area contributed by atoms with Crippen molar-refractivity contribution in [3.8, 4) is 0 Å². The minimum atomic E-state index is -0.732. The molecule has 0 spiro atoms. The normalized spacial score (nSPS) is 30.4. The summed E-state index contributed by atoms with van der Waals surface area (Å²) >= 11 is 0. The SMILES string of the molecule is O=C1CCCC/C=C/CCCCCC1C1OOCCC/C=C/CCCCC1=O. The highest BCUT2D eigenvalue weighted by Gasteiger charge is 2.34. The number of ketones is 2. The molecule has 0 radical (unpaired) electrons. The molecular formula is C24H38O4. The average Bonchev–Trinajstić information content (AvgIpc) is 2.72. The monoisotopic (exact) mass is 390 g/mol. The van der Waals surface area contributed by atoms with Crippen LogP contribution in [0.2, 0.25) is 0 Å². The van der Waals surface area contributed by atoms with Crippen molar-refractivity contribution >= 4 is 11.6 Å². The molecule has 1 aliphatic carbocycles. The Kier molecular flexibility index (Phi) is 12.1. The van der Waals surface area contributed by atoms with Gasteiger partial charge in [-0.25, -0.2) is 9.78 Å². The molecule has 4 nitrogen and oxygen atoms in total. The average molecular weight is 391 g/mol. The van der Waals surface area contributed by atoms with Crippen LogP contribution in [0.4, 0.5) is 0 Å². The van der Waals surface area contributed by atoms with Gasteiger partial charge in [0.1, 0.15) is 5.78 Å². The summed E-state index contributed by atoms with van der Waals surface area (Å²) in [6.45, 7) is 0.459. The lowest BCUT2D eigenvalue weighted by atomic mass is 9.85. The lowest BCUT2D eigenvalue weighted by Crippen LogP contribution is -2.37. The summed E-state index contributed by atoms with van der Waals surface area (Å²) in [5.41, 5.74) is 0. The molecule has 0 N–H and O–H groups in total. The van der Waals surface area contributed by atoms with Crippen molar-refractivity contribution in [2.24, 2.45) is 5.92 Å². The van der Waals surface area contributed by atoms with E-state index >= 15 is 0 Å². The number of carbonyl (C=O) groups is 2. The first kappa shape index (κ1) is 23.0. The minimum Gasteiger partial charge on any atom is -0.299 e. The maximum absolute atomic E-state index is 13.0. The fraction of sp³-hybridized carbons (Fsp3) is 0.750. The lowest BCUT2D eigenvalue weighted by Gasteiger charge is -2.24. The summed E-state index contributed by atoms with van der Waals surface area (Å²) in [5.74, 6) is -0.145. The van der Waals surface area contributed by atoms with Crippen molar-refractivity contribution in [3.63, 3.8) is 0 Å². The summed E-state index contributed by atoms with van der Waals surface area (Å²) in [7, 11) is 0. The van der Waals surface area contributed by atoms with Crippen LogP contribution in [-0.2, 0) is 19.4 Å². The first-order valence-corrected chi connectivity index (χ1v) is 11.4. The zero-order valence-electron chi connectivity index (χ0n) is 17.4. The van der Waals surface area contributed by atoms with Crippen molar-refractivity contribution in [3.05, 3.63) is 24.3 Å². The Hall–Kier alpha value is -1.26. The van der Waals surface area contributed by atoms with Crippen LogP contribution in [0.25, 0.3) is 0 Å². The molecule has 0 amide bonds. The van der Waals surface area contributed by atoms with Gasteiger partial charge in [-0.1, -0.05) is 37.1 Å². The quantitative estimate of drug-likeness (QED) is 0.404. The Bertz CT molecular complexity index is 463. The minimum absolute atomic E-state index is 0.0348. The fourth-order valence-electron chi connectivity index (χ4n) is 3.93. The van der Waals surface area contributed by atoms with Crippen molar-refractivity contribution in [1.29, 1.82) is 0 Å². The third kappa shape index (κ3) is 9.29. The molecule has 1 heterocycles. The molecule has 0 saturated carbocycles. The molecule has 2 atom stereocenters. The molecule has 0 aromatic rings. The Morgan fingerprint density at radius 2 is 1.21 bits per heavy atom. The molecule has 4 heteroatoms. The summed E-state index contributed by atoms with van der Waals surface area (Å²) in [4.78, 5) is 36.9. The zero-order chi connectivity index (χ0) is 19.9. The smallest absolute Gasteiger partial charge is 0.165 e. The van der Waals surface area contributed by atoms with Crippen LogP contribution in [0.1, 0.15) is 96.3 Å². The topological polar surface area (TPSA) is 52.6 Å². The third-order valence-corrected chi connectivity index (χ3v) is 5.67. The number of Topliss-reactive ketones (excluding diaryl/α,β-unsaturated/α-hetero) is 2. The van der Waals surface area contributed by atoms with Crippen LogP contribution >= 0.6 is 0 Å². The second-order valence-electron chi connectivity index (χ2n) is 8.09. The Morgan fingerprint density at radius 1 is 0.643 bits per heavy atom. The van der Waals surface area contributed by atoms with Gasteiger partial charge in [-0.05, 0) is 70.6 Å². The van der Waals surface area contributed by atoms with E-state index in [-0.39, 0.29) is 17.5 Å². The summed E-state index contributed by atoms with van der Waals surface area (Å²) in [6.07, 6.45) is 21.8. The maximum atomic E-state index is 13.0. The van der Waals surface area contributed by atoms with E-state index in [1.807, 2.05) is 0 Å². The number of rotatable bonds is 1. The van der Waals surface area contributed by atoms with Crippen molar-refractivity contribution in [2.75, 3.05) is 6.61 Å². The van der Waals surface area contributed by atoms with E-state index in [1.54, 1.807) is 0 Å². The van der Waals surface area contributed by atoms with Crippen LogP contribution in [0, 0.1) is 5.92 Å². The highest BCUT2D eigenvalue weighted by molar-refractivity contribution is 5.91. The highest BCUT2D eigenvalue weighted by Crippen LogP contribution is 2.24. The van der Waals surface area contributed by atoms with Gasteiger partial charge >= 0.3 is 0 Å². The molecule has 28 heavy (non-hydrogen) atoms. The predicted octanol–water partition coefficient (Wildman–Crippen LogP) is 6.05. The van der Waals surface area contributed by atoms with Crippen LogP contribution < -0.4 is 0 Å². The van der Waals surface area contributed by atoms with E-state index in [9.17, 15) is 9.59 Å². The first-order chi connectivity index (χ1) is 13.8. The largest absolute Gasteiger partial charge is 0.299 e. The fourth-order valence-corrected chi connectivity index (χ4v) is 3.93. The van der Waals surface area contributed by atoms with Gasteiger partial charge in [0, 0.05) is 12.8 Å². The summed E-state index contributed by atoms with van der Waals surface area (Å²) in [6, 6.07) is 0. The molecular weight excluding hydrogens is 352 g/mol. The summed E-state index contributed by atoms with van der Waals surface area (Å²) in [5, 5.41) is 0. The lowest BCUT2D eigenvalue weighted by molar-refractivity contribution is -0.323. The molecule has 2 unspecified atom stereocenters. The zero-order valence-corrected chi connectivity index (χ0v) is 17.4. The molecule has 158 valence electrons. The molecule has 1 aliphatic heterocycles. The van der Waals surface area contributed by atoms with Crippen molar-refractivity contribution in [2.45, 2.75) is 102 Å². The molecule has 0 fully saturated rings. The predicted molar refractivity (Wildman–Crippen MR) is 112 cm³/mol. The van der Waals surface area contributed by atoms with Crippen molar-refractivity contribution in [1.82, 2.24) is 0 Å². The van der Waals surface area contributed by atoms with Gasteiger partial charge in [0.2, 0.25) is 0 Å².